The van der Waals surface area contributed by atoms with Crippen molar-refractivity contribution in [3.63, 3.8) is 0 Å². The van der Waals surface area contributed by atoms with Crippen molar-refractivity contribution < 1.29 is 4.79 Å². The largest absolute Gasteiger partial charge is 0.370 e. The summed E-state index contributed by atoms with van der Waals surface area (Å²) in [5, 5.41) is 3.11. The highest BCUT2D eigenvalue weighted by atomic mass is 16.2. The molecule has 1 aliphatic heterocycles. The number of benzene rings is 2. The summed E-state index contributed by atoms with van der Waals surface area (Å²) in [6.07, 6.45) is 3.73. The van der Waals surface area contributed by atoms with Gasteiger partial charge < -0.3 is 16.0 Å². The molecule has 3 N–H and O–H groups in total. The molecule has 1 amide bonds. The minimum atomic E-state index is 0.213. The van der Waals surface area contributed by atoms with Gasteiger partial charge in [0.05, 0.1) is 6.54 Å². The Bertz CT molecular complexity index is 766. The number of nitrogens with one attached hydrogen (secondary N) is 1. The Morgan fingerprint density at radius 1 is 1.08 bits per heavy atom. The van der Waals surface area contributed by atoms with E-state index in [-0.39, 0.29) is 5.91 Å². The molecule has 2 aromatic carbocycles. The van der Waals surface area contributed by atoms with Crippen LogP contribution in [-0.4, -0.2) is 18.4 Å². The van der Waals surface area contributed by atoms with Crippen molar-refractivity contribution in [1.29, 1.82) is 0 Å². The Labute approximate surface area is 154 Å². The van der Waals surface area contributed by atoms with E-state index in [1.54, 1.807) is 0 Å². The Hall–Kier alpha value is -2.82. The summed E-state index contributed by atoms with van der Waals surface area (Å²) in [5.74, 6) is 0.606. The fourth-order valence-corrected chi connectivity index (χ4v) is 3.05. The van der Waals surface area contributed by atoms with Crippen LogP contribution in [0.15, 0.2) is 53.5 Å². The number of nitrogens with zero attached hydrogens (tertiary/aromatic N) is 2. The molecule has 0 aliphatic carbocycles. The SMILES string of the molecule is CCc1ccc(NC(N)=NCc2ccc(N3CCCCC3=O)cc2)cc1. The summed E-state index contributed by atoms with van der Waals surface area (Å²) in [4.78, 5) is 18.2. The second kappa shape index (κ2) is 8.52. The van der Waals surface area contributed by atoms with Crippen LogP contribution in [0, 0.1) is 0 Å². The first-order chi connectivity index (χ1) is 12.7. The number of carbonyl (C=O) groups is 1. The maximum atomic E-state index is 12.0. The van der Waals surface area contributed by atoms with Gasteiger partial charge in [-0.3, -0.25) is 4.79 Å². The van der Waals surface area contributed by atoms with Crippen molar-refractivity contribution >= 4 is 23.2 Å². The van der Waals surface area contributed by atoms with Gasteiger partial charge >= 0.3 is 0 Å². The molecule has 0 unspecified atom stereocenters. The number of rotatable bonds is 5. The first kappa shape index (κ1) is 18.0. The molecule has 0 aromatic heterocycles. The van der Waals surface area contributed by atoms with Crippen LogP contribution < -0.4 is 16.0 Å². The zero-order chi connectivity index (χ0) is 18.4. The topological polar surface area (TPSA) is 70.7 Å². The first-order valence-corrected chi connectivity index (χ1v) is 9.21. The number of carbonyl (C=O) groups excluding carboxylic acids is 1. The van der Waals surface area contributed by atoms with E-state index in [9.17, 15) is 4.79 Å². The van der Waals surface area contributed by atoms with Gasteiger partial charge in [0.1, 0.15) is 0 Å². The molecule has 1 fully saturated rings. The van der Waals surface area contributed by atoms with E-state index in [2.05, 4.69) is 29.4 Å². The van der Waals surface area contributed by atoms with Crippen LogP contribution in [0.4, 0.5) is 11.4 Å². The quantitative estimate of drug-likeness (QED) is 0.638. The van der Waals surface area contributed by atoms with Crippen LogP contribution >= 0.6 is 0 Å². The molecule has 0 bridgehead atoms. The van der Waals surface area contributed by atoms with E-state index in [4.69, 9.17) is 5.73 Å². The molecule has 136 valence electrons. The van der Waals surface area contributed by atoms with E-state index in [1.165, 1.54) is 5.56 Å². The number of aliphatic imine (C=N–C) groups is 1. The van der Waals surface area contributed by atoms with Crippen LogP contribution in [0.2, 0.25) is 0 Å². The number of amides is 1. The maximum absolute atomic E-state index is 12.0. The van der Waals surface area contributed by atoms with Crippen molar-refractivity contribution in [1.82, 2.24) is 0 Å². The van der Waals surface area contributed by atoms with Gasteiger partial charge in [-0.2, -0.15) is 0 Å². The van der Waals surface area contributed by atoms with Crippen molar-refractivity contribution in [3.8, 4) is 0 Å². The normalized spacial score (nSPS) is 15.2. The van der Waals surface area contributed by atoms with E-state index in [0.717, 1.165) is 42.7 Å². The second-order valence-corrected chi connectivity index (χ2v) is 6.55. The molecule has 3 rings (SSSR count). The Balaban J connectivity index is 1.57. The molecule has 2 aromatic rings. The van der Waals surface area contributed by atoms with Crippen LogP contribution in [0.5, 0.6) is 0 Å². The highest BCUT2D eigenvalue weighted by Crippen LogP contribution is 2.21. The molecular weight excluding hydrogens is 324 g/mol. The highest BCUT2D eigenvalue weighted by Gasteiger charge is 2.19. The van der Waals surface area contributed by atoms with Gasteiger partial charge in [0.25, 0.3) is 0 Å². The number of hydrogen-bond acceptors (Lipinski definition) is 2. The number of piperidine rings is 1. The standard InChI is InChI=1S/C21H26N4O/c1-2-16-6-10-18(11-7-16)24-21(22)23-15-17-8-12-19(13-9-17)25-14-4-3-5-20(25)26/h6-13H,2-5,14-15H2,1H3,(H3,22,23,24). The molecule has 1 saturated heterocycles. The van der Waals surface area contributed by atoms with Crippen molar-refractivity contribution in [3.05, 3.63) is 59.7 Å². The van der Waals surface area contributed by atoms with Gasteiger partial charge in [0.15, 0.2) is 5.96 Å². The minimum Gasteiger partial charge on any atom is -0.370 e. The number of aryl methyl sites for hydroxylation is 1. The Morgan fingerprint density at radius 3 is 2.42 bits per heavy atom. The summed E-state index contributed by atoms with van der Waals surface area (Å²) in [5.41, 5.74) is 10.2. The van der Waals surface area contributed by atoms with Crippen LogP contribution in [0.1, 0.15) is 37.3 Å². The number of nitrogens with two attached hydrogens (primary N) is 1. The minimum absolute atomic E-state index is 0.213. The summed E-state index contributed by atoms with van der Waals surface area (Å²) in [6, 6.07) is 16.2. The molecule has 5 nitrogen and oxygen atoms in total. The van der Waals surface area contributed by atoms with E-state index < -0.39 is 0 Å². The van der Waals surface area contributed by atoms with Gasteiger partial charge in [-0.05, 0) is 54.7 Å². The van der Waals surface area contributed by atoms with Gasteiger partial charge in [-0.15, -0.1) is 0 Å². The number of anilines is 2. The zero-order valence-corrected chi connectivity index (χ0v) is 15.2. The average molecular weight is 350 g/mol. The Morgan fingerprint density at radius 2 is 1.77 bits per heavy atom. The molecule has 0 saturated carbocycles. The maximum Gasteiger partial charge on any atom is 0.226 e. The van der Waals surface area contributed by atoms with Gasteiger partial charge in [0, 0.05) is 24.3 Å². The smallest absolute Gasteiger partial charge is 0.226 e. The highest BCUT2D eigenvalue weighted by molar-refractivity contribution is 5.94. The van der Waals surface area contributed by atoms with E-state index in [1.807, 2.05) is 41.3 Å². The van der Waals surface area contributed by atoms with Gasteiger partial charge in [0.2, 0.25) is 5.91 Å². The fourth-order valence-electron chi connectivity index (χ4n) is 3.05. The summed E-state index contributed by atoms with van der Waals surface area (Å²) in [7, 11) is 0. The molecule has 26 heavy (non-hydrogen) atoms. The molecule has 0 atom stereocenters. The lowest BCUT2D eigenvalue weighted by Gasteiger charge is -2.26. The lowest BCUT2D eigenvalue weighted by Crippen LogP contribution is -2.35. The predicted molar refractivity (Wildman–Crippen MR) is 107 cm³/mol. The lowest BCUT2D eigenvalue weighted by molar-refractivity contribution is -0.119. The van der Waals surface area contributed by atoms with Crippen molar-refractivity contribution in [2.45, 2.75) is 39.2 Å². The second-order valence-electron chi connectivity index (χ2n) is 6.55. The molecule has 1 aliphatic rings. The zero-order valence-electron chi connectivity index (χ0n) is 15.2. The van der Waals surface area contributed by atoms with Crippen LogP contribution in [0.25, 0.3) is 0 Å². The summed E-state index contributed by atoms with van der Waals surface area (Å²) in [6.45, 7) is 3.44. The summed E-state index contributed by atoms with van der Waals surface area (Å²) < 4.78 is 0. The third-order valence-corrected chi connectivity index (χ3v) is 4.64. The van der Waals surface area contributed by atoms with Gasteiger partial charge in [-0.1, -0.05) is 31.2 Å². The molecule has 5 heteroatoms. The molecule has 1 heterocycles. The monoisotopic (exact) mass is 350 g/mol. The first-order valence-electron chi connectivity index (χ1n) is 9.21. The third-order valence-electron chi connectivity index (χ3n) is 4.64. The van der Waals surface area contributed by atoms with Crippen LogP contribution in [-0.2, 0) is 17.8 Å². The van der Waals surface area contributed by atoms with Crippen molar-refractivity contribution in [2.24, 2.45) is 10.7 Å². The third kappa shape index (κ3) is 4.63. The molecular formula is C21H26N4O. The number of hydrogen-bond donors (Lipinski definition) is 2. The summed E-state index contributed by atoms with van der Waals surface area (Å²) >= 11 is 0. The fraction of sp³-hybridized carbons (Fsp3) is 0.333. The van der Waals surface area contributed by atoms with E-state index in [0.29, 0.717) is 18.9 Å². The van der Waals surface area contributed by atoms with Crippen molar-refractivity contribution in [2.75, 3.05) is 16.8 Å². The van der Waals surface area contributed by atoms with E-state index >= 15 is 0 Å². The van der Waals surface area contributed by atoms with Gasteiger partial charge in [-0.25, -0.2) is 4.99 Å². The molecule has 0 radical (unpaired) electrons. The number of guanidine groups is 1. The lowest BCUT2D eigenvalue weighted by atomic mass is 10.1. The predicted octanol–water partition coefficient (Wildman–Crippen LogP) is 3.69. The Kier molecular flexibility index (Phi) is 5.89. The average Bonchev–Trinajstić information content (AvgIpc) is 2.68. The van der Waals surface area contributed by atoms with Crippen LogP contribution in [0.3, 0.4) is 0 Å². The molecule has 0 spiro atoms.